The first-order valence-electron chi connectivity index (χ1n) is 5.94. The quantitative estimate of drug-likeness (QED) is 0.711. The molecule has 0 spiro atoms. The fourth-order valence-electron chi connectivity index (χ4n) is 1.94. The van der Waals surface area contributed by atoms with Crippen LogP contribution in [0.15, 0.2) is 18.2 Å². The number of carbonyl (C=O) groups is 1. The molecule has 18 heavy (non-hydrogen) atoms. The summed E-state index contributed by atoms with van der Waals surface area (Å²) in [6.07, 6.45) is 1.95. The minimum atomic E-state index is -0.803. The van der Waals surface area contributed by atoms with Crippen molar-refractivity contribution >= 4 is 5.97 Å². The zero-order valence-corrected chi connectivity index (χ0v) is 10.2. The van der Waals surface area contributed by atoms with Crippen molar-refractivity contribution in [3.63, 3.8) is 0 Å². The van der Waals surface area contributed by atoms with Crippen LogP contribution in [0.4, 0.5) is 0 Å². The number of hydrogen-bond donors (Lipinski definition) is 3. The molecule has 5 nitrogen and oxygen atoms in total. The predicted molar refractivity (Wildman–Crippen MR) is 65.6 cm³/mol. The van der Waals surface area contributed by atoms with Gasteiger partial charge in [-0.15, -0.1) is 0 Å². The molecule has 0 bridgehead atoms. The summed E-state index contributed by atoms with van der Waals surface area (Å²) in [4.78, 5) is 11.1. The standard InChI is InChI=1S/C13H17NO4/c1-18-11-6-8(2-5-10(11)15)7-14-12(13(16)17)9-3-4-9/h2,5-6,9,12,14-15H,3-4,7H2,1H3,(H,16,17). The average Bonchev–Trinajstić information content (AvgIpc) is 3.15. The Morgan fingerprint density at radius 1 is 1.56 bits per heavy atom. The molecule has 0 heterocycles. The highest BCUT2D eigenvalue weighted by Crippen LogP contribution is 2.33. The van der Waals surface area contributed by atoms with E-state index < -0.39 is 12.0 Å². The Bertz CT molecular complexity index is 443. The molecule has 1 aliphatic carbocycles. The molecule has 1 aromatic carbocycles. The number of aliphatic carboxylic acids is 1. The highest BCUT2D eigenvalue weighted by molar-refractivity contribution is 5.74. The molecule has 5 heteroatoms. The summed E-state index contributed by atoms with van der Waals surface area (Å²) >= 11 is 0. The van der Waals surface area contributed by atoms with E-state index in [2.05, 4.69) is 5.32 Å². The molecule has 3 N–H and O–H groups in total. The van der Waals surface area contributed by atoms with Gasteiger partial charge in [0.2, 0.25) is 0 Å². The minimum absolute atomic E-state index is 0.0817. The molecule has 0 aromatic heterocycles. The largest absolute Gasteiger partial charge is 0.504 e. The molecule has 1 atom stereocenters. The topological polar surface area (TPSA) is 78.8 Å². The molecular weight excluding hydrogens is 234 g/mol. The van der Waals surface area contributed by atoms with Gasteiger partial charge in [0.05, 0.1) is 7.11 Å². The number of rotatable bonds is 6. The van der Waals surface area contributed by atoms with Crippen molar-refractivity contribution in [3.05, 3.63) is 23.8 Å². The average molecular weight is 251 g/mol. The molecule has 1 unspecified atom stereocenters. The van der Waals surface area contributed by atoms with Crippen LogP contribution >= 0.6 is 0 Å². The molecule has 0 radical (unpaired) electrons. The fraction of sp³-hybridized carbons (Fsp3) is 0.462. The van der Waals surface area contributed by atoms with Crippen molar-refractivity contribution in [1.29, 1.82) is 0 Å². The van der Waals surface area contributed by atoms with Gasteiger partial charge in [-0.1, -0.05) is 6.07 Å². The van der Waals surface area contributed by atoms with Gasteiger partial charge >= 0.3 is 5.97 Å². The Balaban J connectivity index is 1.98. The Kier molecular flexibility index (Phi) is 3.72. The van der Waals surface area contributed by atoms with Crippen molar-refractivity contribution < 1.29 is 19.7 Å². The zero-order valence-electron chi connectivity index (χ0n) is 10.2. The number of methoxy groups -OCH3 is 1. The highest BCUT2D eigenvalue weighted by atomic mass is 16.5. The van der Waals surface area contributed by atoms with Gasteiger partial charge in [-0.2, -0.15) is 0 Å². The van der Waals surface area contributed by atoms with E-state index in [1.54, 1.807) is 18.2 Å². The lowest BCUT2D eigenvalue weighted by molar-refractivity contribution is -0.140. The van der Waals surface area contributed by atoms with Gasteiger partial charge in [0.1, 0.15) is 6.04 Å². The van der Waals surface area contributed by atoms with Gasteiger partial charge in [0.15, 0.2) is 11.5 Å². The van der Waals surface area contributed by atoms with Gasteiger partial charge in [-0.05, 0) is 36.5 Å². The lowest BCUT2D eigenvalue weighted by Gasteiger charge is -2.14. The van der Waals surface area contributed by atoms with Crippen molar-refractivity contribution in [3.8, 4) is 11.5 Å². The van der Waals surface area contributed by atoms with Crippen LogP contribution in [0.3, 0.4) is 0 Å². The van der Waals surface area contributed by atoms with Crippen molar-refractivity contribution in [2.75, 3.05) is 7.11 Å². The third-order valence-corrected chi connectivity index (χ3v) is 3.13. The molecule has 1 aliphatic rings. The van der Waals surface area contributed by atoms with E-state index in [-0.39, 0.29) is 11.7 Å². The van der Waals surface area contributed by atoms with Crippen molar-refractivity contribution in [2.24, 2.45) is 5.92 Å². The number of phenols is 1. The van der Waals surface area contributed by atoms with Gasteiger partial charge in [-0.3, -0.25) is 4.79 Å². The SMILES string of the molecule is COc1cc(CNC(C(=O)O)C2CC2)ccc1O. The molecule has 0 saturated heterocycles. The summed E-state index contributed by atoms with van der Waals surface area (Å²) in [7, 11) is 1.48. The first-order valence-corrected chi connectivity index (χ1v) is 5.94. The van der Waals surface area contributed by atoms with Crippen LogP contribution in [0.2, 0.25) is 0 Å². The smallest absolute Gasteiger partial charge is 0.320 e. The molecule has 0 aliphatic heterocycles. The van der Waals surface area contributed by atoms with Crippen LogP contribution in [-0.2, 0) is 11.3 Å². The molecule has 1 fully saturated rings. The second-order valence-electron chi connectivity index (χ2n) is 4.54. The van der Waals surface area contributed by atoms with Gasteiger partial charge in [0, 0.05) is 6.54 Å². The number of aromatic hydroxyl groups is 1. The number of ether oxygens (including phenoxy) is 1. The maximum absolute atomic E-state index is 11.1. The van der Waals surface area contributed by atoms with Crippen LogP contribution in [-0.4, -0.2) is 29.3 Å². The lowest BCUT2D eigenvalue weighted by Crippen LogP contribution is -2.38. The van der Waals surface area contributed by atoms with Crippen molar-refractivity contribution in [2.45, 2.75) is 25.4 Å². The van der Waals surface area contributed by atoms with Gasteiger partial charge < -0.3 is 20.3 Å². The van der Waals surface area contributed by atoms with Crippen LogP contribution in [0, 0.1) is 5.92 Å². The summed E-state index contributed by atoms with van der Waals surface area (Å²) in [6.45, 7) is 0.449. The fourth-order valence-corrected chi connectivity index (χ4v) is 1.94. The second-order valence-corrected chi connectivity index (χ2v) is 4.54. The predicted octanol–water partition coefficient (Wildman–Crippen LogP) is 1.35. The highest BCUT2D eigenvalue weighted by Gasteiger charge is 2.35. The summed E-state index contributed by atoms with van der Waals surface area (Å²) in [6, 6.07) is 4.51. The Hall–Kier alpha value is -1.75. The van der Waals surface area contributed by atoms with E-state index in [4.69, 9.17) is 9.84 Å². The molecule has 1 saturated carbocycles. The molecule has 98 valence electrons. The first-order chi connectivity index (χ1) is 8.61. The van der Waals surface area contributed by atoms with E-state index in [9.17, 15) is 9.90 Å². The number of phenolic OH excluding ortho intramolecular Hbond substituents is 1. The van der Waals surface area contributed by atoms with Crippen LogP contribution in [0.1, 0.15) is 18.4 Å². The van der Waals surface area contributed by atoms with E-state index in [0.717, 1.165) is 18.4 Å². The van der Waals surface area contributed by atoms with Gasteiger partial charge in [-0.25, -0.2) is 0 Å². The third kappa shape index (κ3) is 2.92. The van der Waals surface area contributed by atoms with Crippen molar-refractivity contribution in [1.82, 2.24) is 5.32 Å². The van der Waals surface area contributed by atoms with Crippen LogP contribution in [0.5, 0.6) is 11.5 Å². The number of hydrogen-bond acceptors (Lipinski definition) is 4. The second kappa shape index (κ2) is 5.27. The number of nitrogens with one attached hydrogen (secondary N) is 1. The zero-order chi connectivity index (χ0) is 13.1. The normalized spacial score (nSPS) is 16.3. The first kappa shape index (κ1) is 12.7. The lowest BCUT2D eigenvalue weighted by atomic mass is 10.1. The summed E-state index contributed by atoms with van der Waals surface area (Å²) in [5.41, 5.74) is 0.886. The third-order valence-electron chi connectivity index (χ3n) is 3.13. The minimum Gasteiger partial charge on any atom is -0.504 e. The molecule has 1 aromatic rings. The Labute approximate surface area is 105 Å². The van der Waals surface area contributed by atoms with Crippen LogP contribution < -0.4 is 10.1 Å². The summed E-state index contributed by atoms with van der Waals surface area (Å²) in [5, 5.41) is 21.6. The molecular formula is C13H17NO4. The van der Waals surface area contributed by atoms with E-state index in [0.29, 0.717) is 12.3 Å². The molecule has 0 amide bonds. The maximum atomic E-state index is 11.1. The molecule has 2 rings (SSSR count). The summed E-state index contributed by atoms with van der Waals surface area (Å²) in [5.74, 6) is -0.0735. The monoisotopic (exact) mass is 251 g/mol. The number of benzene rings is 1. The van der Waals surface area contributed by atoms with E-state index in [1.807, 2.05) is 0 Å². The van der Waals surface area contributed by atoms with E-state index in [1.165, 1.54) is 7.11 Å². The number of carboxylic acid groups (broad SMARTS) is 1. The summed E-state index contributed by atoms with van der Waals surface area (Å²) < 4.78 is 5.01. The maximum Gasteiger partial charge on any atom is 0.320 e. The van der Waals surface area contributed by atoms with E-state index >= 15 is 0 Å². The number of carboxylic acids is 1. The van der Waals surface area contributed by atoms with Crippen LogP contribution in [0.25, 0.3) is 0 Å². The Morgan fingerprint density at radius 3 is 2.83 bits per heavy atom. The van der Waals surface area contributed by atoms with Gasteiger partial charge in [0.25, 0.3) is 0 Å². The Morgan fingerprint density at radius 2 is 2.28 bits per heavy atom.